The Morgan fingerprint density at radius 2 is 1.94 bits per heavy atom. The molecule has 2 unspecified atom stereocenters. The van der Waals surface area contributed by atoms with E-state index in [0.717, 1.165) is 39.1 Å². The molecule has 0 amide bonds. The van der Waals surface area contributed by atoms with Crippen LogP contribution in [0.15, 0.2) is 0 Å². The summed E-state index contributed by atoms with van der Waals surface area (Å²) < 4.78 is 10.4. The maximum atomic E-state index is 5.66. The number of hydrogen-bond acceptors (Lipinski definition) is 4. The van der Waals surface area contributed by atoms with Crippen molar-refractivity contribution >= 4 is 0 Å². The molecule has 2 N–H and O–H groups in total. The van der Waals surface area contributed by atoms with Crippen molar-refractivity contribution in [1.29, 1.82) is 0 Å². The predicted molar refractivity (Wildman–Crippen MR) is 67.7 cm³/mol. The average Bonchev–Trinajstić information content (AvgIpc) is 2.28. The molecule has 4 heteroatoms. The summed E-state index contributed by atoms with van der Waals surface area (Å²) in [5, 5.41) is 0. The molecule has 0 aliphatic rings. The van der Waals surface area contributed by atoms with Crippen molar-refractivity contribution in [2.24, 2.45) is 5.73 Å². The van der Waals surface area contributed by atoms with Crippen molar-refractivity contribution in [2.75, 3.05) is 40.5 Å². The van der Waals surface area contributed by atoms with Crippen LogP contribution in [0.2, 0.25) is 0 Å². The second-order valence-corrected chi connectivity index (χ2v) is 4.17. The average molecular weight is 232 g/mol. The number of hydrogen-bond donors (Lipinski definition) is 1. The SMILES string of the molecule is CCC(CCN)N(CCOC)C(C)COC. The summed E-state index contributed by atoms with van der Waals surface area (Å²) in [6, 6.07) is 0.946. The van der Waals surface area contributed by atoms with E-state index >= 15 is 0 Å². The molecule has 0 radical (unpaired) electrons. The Morgan fingerprint density at radius 1 is 1.25 bits per heavy atom. The Bertz CT molecular complexity index is 156. The molecule has 0 aromatic heterocycles. The van der Waals surface area contributed by atoms with Gasteiger partial charge in [0.25, 0.3) is 0 Å². The van der Waals surface area contributed by atoms with Gasteiger partial charge in [0, 0.05) is 32.8 Å². The first-order valence-corrected chi connectivity index (χ1v) is 6.14. The third-order valence-electron chi connectivity index (χ3n) is 2.97. The molecule has 2 atom stereocenters. The molecule has 0 rings (SSSR count). The fraction of sp³-hybridized carbons (Fsp3) is 1.00. The van der Waals surface area contributed by atoms with Gasteiger partial charge in [-0.3, -0.25) is 4.90 Å². The minimum absolute atomic E-state index is 0.414. The quantitative estimate of drug-likeness (QED) is 0.613. The smallest absolute Gasteiger partial charge is 0.0615 e. The summed E-state index contributed by atoms with van der Waals surface area (Å²) >= 11 is 0. The maximum absolute atomic E-state index is 5.66. The van der Waals surface area contributed by atoms with Gasteiger partial charge in [0.15, 0.2) is 0 Å². The standard InChI is InChI=1S/C12H28N2O2/c1-5-12(6-7-13)14(8-9-15-3)11(2)10-16-4/h11-12H,5-10,13H2,1-4H3. The van der Waals surface area contributed by atoms with E-state index in [-0.39, 0.29) is 0 Å². The van der Waals surface area contributed by atoms with Crippen LogP contribution in [0, 0.1) is 0 Å². The van der Waals surface area contributed by atoms with Crippen LogP contribution in [0.1, 0.15) is 26.7 Å². The van der Waals surface area contributed by atoms with Gasteiger partial charge >= 0.3 is 0 Å². The molecule has 0 saturated heterocycles. The van der Waals surface area contributed by atoms with Gasteiger partial charge in [-0.15, -0.1) is 0 Å². The molecule has 0 bridgehead atoms. The zero-order chi connectivity index (χ0) is 12.4. The fourth-order valence-corrected chi connectivity index (χ4v) is 2.09. The first-order chi connectivity index (χ1) is 7.71. The van der Waals surface area contributed by atoms with E-state index in [0.29, 0.717) is 12.1 Å². The summed E-state index contributed by atoms with van der Waals surface area (Å²) in [5.74, 6) is 0. The van der Waals surface area contributed by atoms with Crippen LogP contribution >= 0.6 is 0 Å². The number of nitrogens with two attached hydrogens (primary N) is 1. The first kappa shape index (κ1) is 15.8. The van der Waals surface area contributed by atoms with Crippen LogP contribution < -0.4 is 5.73 Å². The third-order valence-corrected chi connectivity index (χ3v) is 2.97. The molecule has 0 saturated carbocycles. The third kappa shape index (κ3) is 5.80. The van der Waals surface area contributed by atoms with E-state index in [1.165, 1.54) is 0 Å². The highest BCUT2D eigenvalue weighted by molar-refractivity contribution is 4.76. The molecule has 0 aromatic rings. The van der Waals surface area contributed by atoms with Crippen LogP contribution in [0.4, 0.5) is 0 Å². The molecule has 0 spiro atoms. The Kier molecular flexibility index (Phi) is 9.92. The summed E-state index contributed by atoms with van der Waals surface area (Å²) in [6.07, 6.45) is 2.16. The van der Waals surface area contributed by atoms with Gasteiger partial charge in [-0.2, -0.15) is 0 Å². The summed E-state index contributed by atoms with van der Waals surface area (Å²) in [7, 11) is 3.48. The van der Waals surface area contributed by atoms with Crippen LogP contribution in [0.5, 0.6) is 0 Å². The second kappa shape index (κ2) is 10.0. The van der Waals surface area contributed by atoms with Crippen molar-refractivity contribution in [3.63, 3.8) is 0 Å². The van der Waals surface area contributed by atoms with Gasteiger partial charge in [0.1, 0.15) is 0 Å². The van der Waals surface area contributed by atoms with Crippen molar-refractivity contribution < 1.29 is 9.47 Å². The first-order valence-electron chi connectivity index (χ1n) is 6.14. The lowest BCUT2D eigenvalue weighted by Crippen LogP contribution is -2.46. The molecular formula is C12H28N2O2. The largest absolute Gasteiger partial charge is 0.383 e. The van der Waals surface area contributed by atoms with Crippen molar-refractivity contribution in [3.05, 3.63) is 0 Å². The van der Waals surface area contributed by atoms with E-state index < -0.39 is 0 Å². The highest BCUT2D eigenvalue weighted by Crippen LogP contribution is 2.12. The Hall–Kier alpha value is -0.160. The minimum Gasteiger partial charge on any atom is -0.383 e. The monoisotopic (exact) mass is 232 g/mol. The summed E-state index contributed by atoms with van der Waals surface area (Å²) in [6.45, 7) is 7.60. The van der Waals surface area contributed by atoms with Gasteiger partial charge in [0.2, 0.25) is 0 Å². The lowest BCUT2D eigenvalue weighted by Gasteiger charge is -2.35. The Morgan fingerprint density at radius 3 is 2.38 bits per heavy atom. The maximum Gasteiger partial charge on any atom is 0.0615 e. The normalized spacial score (nSPS) is 15.4. The van der Waals surface area contributed by atoms with Crippen LogP contribution in [-0.4, -0.2) is 57.5 Å². The number of rotatable bonds is 10. The van der Waals surface area contributed by atoms with E-state index in [1.807, 2.05) is 0 Å². The van der Waals surface area contributed by atoms with Crippen LogP contribution in [0.25, 0.3) is 0 Å². The molecule has 98 valence electrons. The summed E-state index contributed by atoms with van der Waals surface area (Å²) in [5.41, 5.74) is 5.66. The van der Waals surface area contributed by atoms with Gasteiger partial charge < -0.3 is 15.2 Å². The second-order valence-electron chi connectivity index (χ2n) is 4.17. The van der Waals surface area contributed by atoms with Gasteiger partial charge in [-0.1, -0.05) is 6.92 Å². The molecule has 4 nitrogen and oxygen atoms in total. The predicted octanol–water partition coefficient (Wildman–Crippen LogP) is 1.10. The van der Waals surface area contributed by atoms with Gasteiger partial charge in [0.05, 0.1) is 13.2 Å². The van der Waals surface area contributed by atoms with E-state index in [1.54, 1.807) is 14.2 Å². The Labute approximate surface area is 100 Å². The number of ether oxygens (including phenoxy) is 2. The number of nitrogens with zero attached hydrogens (tertiary/aromatic N) is 1. The Balaban J connectivity index is 4.34. The van der Waals surface area contributed by atoms with E-state index in [9.17, 15) is 0 Å². The molecule has 0 heterocycles. The van der Waals surface area contributed by atoms with E-state index in [2.05, 4.69) is 18.7 Å². The molecule has 16 heavy (non-hydrogen) atoms. The zero-order valence-electron chi connectivity index (χ0n) is 11.2. The topological polar surface area (TPSA) is 47.7 Å². The van der Waals surface area contributed by atoms with Crippen molar-refractivity contribution in [2.45, 2.75) is 38.8 Å². The van der Waals surface area contributed by atoms with Crippen LogP contribution in [-0.2, 0) is 9.47 Å². The highest BCUT2D eigenvalue weighted by atomic mass is 16.5. The van der Waals surface area contributed by atoms with E-state index in [4.69, 9.17) is 15.2 Å². The van der Waals surface area contributed by atoms with Crippen molar-refractivity contribution in [1.82, 2.24) is 4.90 Å². The molecule has 0 fully saturated rings. The lowest BCUT2D eigenvalue weighted by atomic mass is 10.1. The zero-order valence-corrected chi connectivity index (χ0v) is 11.2. The lowest BCUT2D eigenvalue weighted by molar-refractivity contribution is 0.0437. The molecular weight excluding hydrogens is 204 g/mol. The molecule has 0 aliphatic carbocycles. The number of methoxy groups -OCH3 is 2. The highest BCUT2D eigenvalue weighted by Gasteiger charge is 2.21. The minimum atomic E-state index is 0.414. The summed E-state index contributed by atoms with van der Waals surface area (Å²) in [4.78, 5) is 2.44. The molecule has 0 aromatic carbocycles. The van der Waals surface area contributed by atoms with Gasteiger partial charge in [-0.05, 0) is 26.3 Å². The van der Waals surface area contributed by atoms with Gasteiger partial charge in [-0.25, -0.2) is 0 Å². The van der Waals surface area contributed by atoms with Crippen molar-refractivity contribution in [3.8, 4) is 0 Å². The van der Waals surface area contributed by atoms with Crippen LogP contribution in [0.3, 0.4) is 0 Å². The molecule has 0 aliphatic heterocycles. The fourth-order valence-electron chi connectivity index (χ4n) is 2.09.